The van der Waals surface area contributed by atoms with Gasteiger partial charge < -0.3 is 9.66 Å². The minimum absolute atomic E-state index is 0.0695. The van der Waals surface area contributed by atoms with E-state index in [1.165, 1.54) is 6.92 Å². The van der Waals surface area contributed by atoms with Crippen molar-refractivity contribution < 1.29 is 23.9 Å². The number of hydroxylamine groups is 1. The molecule has 1 fully saturated rings. The van der Waals surface area contributed by atoms with Crippen LogP contribution in [0.4, 0.5) is 0 Å². The molecule has 0 saturated heterocycles. The van der Waals surface area contributed by atoms with Crippen LogP contribution in [0.1, 0.15) is 31.7 Å². The van der Waals surface area contributed by atoms with Crippen molar-refractivity contribution in [2.75, 3.05) is 12.4 Å². The van der Waals surface area contributed by atoms with Gasteiger partial charge in [-0.3, -0.25) is 14.7 Å². The predicted octanol–water partition coefficient (Wildman–Crippen LogP) is 1.29. The van der Waals surface area contributed by atoms with E-state index in [0.717, 1.165) is 29.3 Å². The van der Waals surface area contributed by atoms with E-state index >= 15 is 0 Å². The SMILES string of the molecule is C[C@](CCn1cc2cc(C#CC#CC3(CO)CC3)ccc2n1)(CS(=O)O)C(=O)NO. The lowest BCUT2D eigenvalue weighted by Gasteiger charge is -2.25. The summed E-state index contributed by atoms with van der Waals surface area (Å²) in [5, 5.41) is 23.5. The lowest BCUT2D eigenvalue weighted by atomic mass is 9.88. The van der Waals surface area contributed by atoms with E-state index in [-0.39, 0.29) is 24.2 Å². The van der Waals surface area contributed by atoms with E-state index in [9.17, 15) is 18.7 Å². The molecule has 9 heteroatoms. The molecule has 1 aromatic heterocycles. The number of hydrogen-bond donors (Lipinski definition) is 4. The van der Waals surface area contributed by atoms with Crippen molar-refractivity contribution in [2.24, 2.45) is 10.8 Å². The van der Waals surface area contributed by atoms with Crippen LogP contribution in [-0.2, 0) is 22.4 Å². The highest BCUT2D eigenvalue weighted by molar-refractivity contribution is 7.79. The molecule has 1 heterocycles. The van der Waals surface area contributed by atoms with Gasteiger partial charge in [0, 0.05) is 23.7 Å². The Morgan fingerprint density at radius 3 is 2.80 bits per heavy atom. The van der Waals surface area contributed by atoms with Gasteiger partial charge in [-0.15, -0.1) is 0 Å². The second-order valence-corrected chi connectivity index (χ2v) is 8.75. The summed E-state index contributed by atoms with van der Waals surface area (Å²) in [5.74, 6) is 10.6. The van der Waals surface area contributed by atoms with E-state index in [4.69, 9.17) is 5.21 Å². The Morgan fingerprint density at radius 1 is 1.40 bits per heavy atom. The summed E-state index contributed by atoms with van der Waals surface area (Å²) in [5.41, 5.74) is 1.64. The number of nitrogens with one attached hydrogen (secondary N) is 1. The van der Waals surface area contributed by atoms with Crippen molar-refractivity contribution in [3.05, 3.63) is 30.0 Å². The third-order valence-corrected chi connectivity index (χ3v) is 6.17. The van der Waals surface area contributed by atoms with Gasteiger partial charge >= 0.3 is 0 Å². The molecule has 3 rings (SSSR count). The molecule has 1 saturated carbocycles. The summed E-state index contributed by atoms with van der Waals surface area (Å²) in [4.78, 5) is 11.9. The third kappa shape index (κ3) is 5.26. The molecule has 4 N–H and O–H groups in total. The van der Waals surface area contributed by atoms with Gasteiger partial charge in [-0.25, -0.2) is 9.69 Å². The summed E-state index contributed by atoms with van der Waals surface area (Å²) in [7, 11) is 0. The van der Waals surface area contributed by atoms with Crippen LogP contribution in [-0.4, -0.2) is 47.1 Å². The molecule has 158 valence electrons. The second-order valence-electron chi connectivity index (χ2n) is 7.82. The molecular formula is C21H23N3O5S. The third-order valence-electron chi connectivity index (χ3n) is 5.29. The van der Waals surface area contributed by atoms with Crippen LogP contribution < -0.4 is 5.48 Å². The van der Waals surface area contributed by atoms with Crippen molar-refractivity contribution in [2.45, 2.75) is 32.7 Å². The molecule has 0 bridgehead atoms. The Labute approximate surface area is 176 Å². The zero-order valence-electron chi connectivity index (χ0n) is 16.5. The molecular weight excluding hydrogens is 406 g/mol. The Hall–Kier alpha value is -2.69. The minimum Gasteiger partial charge on any atom is -0.395 e. The number of aliphatic hydroxyl groups is 1. The van der Waals surface area contributed by atoms with Crippen molar-refractivity contribution in [1.82, 2.24) is 15.3 Å². The van der Waals surface area contributed by atoms with E-state index in [1.807, 2.05) is 24.4 Å². The number of hydrogen-bond acceptors (Lipinski definition) is 5. The summed E-state index contributed by atoms with van der Waals surface area (Å²) in [6.45, 7) is 1.92. The first-order valence-electron chi connectivity index (χ1n) is 9.42. The fraction of sp³-hybridized carbons (Fsp3) is 0.429. The number of fused-ring (bicyclic) bond motifs is 1. The molecule has 1 aromatic carbocycles. The number of aromatic nitrogens is 2. The fourth-order valence-electron chi connectivity index (χ4n) is 3.03. The normalized spacial score (nSPS) is 17.1. The fourth-order valence-corrected chi connectivity index (χ4v) is 3.85. The van der Waals surface area contributed by atoms with Gasteiger partial charge in [-0.2, -0.15) is 5.10 Å². The Morgan fingerprint density at radius 2 is 2.17 bits per heavy atom. The first-order chi connectivity index (χ1) is 14.3. The van der Waals surface area contributed by atoms with E-state index in [1.54, 1.807) is 10.2 Å². The Balaban J connectivity index is 1.71. The van der Waals surface area contributed by atoms with E-state index in [0.29, 0.717) is 6.54 Å². The van der Waals surface area contributed by atoms with Crippen LogP contribution in [0.25, 0.3) is 10.9 Å². The first kappa shape index (κ1) is 22.0. The van der Waals surface area contributed by atoms with Gasteiger partial charge in [0.25, 0.3) is 0 Å². The van der Waals surface area contributed by atoms with Gasteiger partial charge in [0.15, 0.2) is 11.1 Å². The smallest absolute Gasteiger partial charge is 0.250 e. The second kappa shape index (κ2) is 8.99. The summed E-state index contributed by atoms with van der Waals surface area (Å²) in [6, 6.07) is 5.56. The monoisotopic (exact) mass is 429 g/mol. The zero-order chi connectivity index (χ0) is 21.8. The van der Waals surface area contributed by atoms with Crippen molar-refractivity contribution in [3.8, 4) is 23.7 Å². The highest BCUT2D eigenvalue weighted by Crippen LogP contribution is 2.44. The predicted molar refractivity (Wildman–Crippen MR) is 111 cm³/mol. The van der Waals surface area contributed by atoms with Gasteiger partial charge in [-0.1, -0.05) is 11.8 Å². The molecule has 1 aliphatic rings. The molecule has 1 unspecified atom stereocenters. The molecule has 0 spiro atoms. The average molecular weight is 429 g/mol. The van der Waals surface area contributed by atoms with Crippen molar-refractivity contribution >= 4 is 27.9 Å². The molecule has 1 amide bonds. The van der Waals surface area contributed by atoms with Crippen LogP contribution in [0, 0.1) is 34.5 Å². The lowest BCUT2D eigenvalue weighted by Crippen LogP contribution is -2.42. The Bertz CT molecular complexity index is 1100. The number of nitrogens with zero attached hydrogens (tertiary/aromatic N) is 2. The van der Waals surface area contributed by atoms with Gasteiger partial charge in [0.1, 0.15) is 0 Å². The quantitative estimate of drug-likeness (QED) is 0.228. The summed E-state index contributed by atoms with van der Waals surface area (Å²) in [6.07, 6.45) is 3.85. The standard InChI is InChI=1S/C21H23N3O5S/c1-20(15-30(28)29,19(26)23-27)10-11-24-13-17-12-16(5-6-18(17)22-24)4-2-3-7-21(14-25)8-9-21/h5-6,12-13,25,27H,8-11,14-15H2,1H3,(H,23,26)(H,28,29)/t20-/m0/s1. The van der Waals surface area contributed by atoms with Gasteiger partial charge in [-0.05, 0) is 56.2 Å². The maximum atomic E-state index is 11.9. The van der Waals surface area contributed by atoms with E-state index in [2.05, 4.69) is 28.8 Å². The number of carbonyl (C=O) groups is 1. The number of rotatable bonds is 7. The topological polar surface area (TPSA) is 125 Å². The number of amides is 1. The lowest BCUT2D eigenvalue weighted by molar-refractivity contribution is -0.138. The minimum atomic E-state index is -2.18. The molecule has 0 aliphatic heterocycles. The molecule has 30 heavy (non-hydrogen) atoms. The largest absolute Gasteiger partial charge is 0.395 e. The van der Waals surface area contributed by atoms with Crippen LogP contribution in [0.2, 0.25) is 0 Å². The first-order valence-corrected chi connectivity index (χ1v) is 10.7. The number of aryl methyl sites for hydroxylation is 1. The molecule has 2 atom stereocenters. The molecule has 2 aromatic rings. The van der Waals surface area contributed by atoms with Crippen molar-refractivity contribution in [1.29, 1.82) is 0 Å². The van der Waals surface area contributed by atoms with Gasteiger partial charge in [0.2, 0.25) is 5.91 Å². The average Bonchev–Trinajstić information content (AvgIpc) is 3.39. The Kier molecular flexibility index (Phi) is 6.59. The highest BCUT2D eigenvalue weighted by Gasteiger charge is 2.40. The van der Waals surface area contributed by atoms with Crippen LogP contribution in [0.3, 0.4) is 0 Å². The maximum Gasteiger partial charge on any atom is 0.250 e. The van der Waals surface area contributed by atoms with Crippen LogP contribution >= 0.6 is 0 Å². The maximum absolute atomic E-state index is 11.9. The van der Waals surface area contributed by atoms with Crippen molar-refractivity contribution in [3.63, 3.8) is 0 Å². The van der Waals surface area contributed by atoms with Gasteiger partial charge in [0.05, 0.1) is 28.7 Å². The molecule has 8 nitrogen and oxygen atoms in total. The number of aliphatic hydroxyl groups excluding tert-OH is 1. The number of benzene rings is 1. The molecule has 0 radical (unpaired) electrons. The number of carbonyl (C=O) groups excluding carboxylic acids is 1. The van der Waals surface area contributed by atoms with E-state index < -0.39 is 22.4 Å². The zero-order valence-corrected chi connectivity index (χ0v) is 17.3. The highest BCUT2D eigenvalue weighted by atomic mass is 32.2. The molecule has 1 aliphatic carbocycles. The van der Waals surface area contributed by atoms with Crippen LogP contribution in [0.5, 0.6) is 0 Å². The summed E-state index contributed by atoms with van der Waals surface area (Å²) < 4.78 is 22.0. The summed E-state index contributed by atoms with van der Waals surface area (Å²) >= 11 is -2.18. The van der Waals surface area contributed by atoms with Crippen LogP contribution in [0.15, 0.2) is 24.4 Å².